The van der Waals surface area contributed by atoms with Gasteiger partial charge in [0.1, 0.15) is 16.9 Å². The third-order valence-electron chi connectivity index (χ3n) is 5.89. The predicted molar refractivity (Wildman–Crippen MR) is 117 cm³/mol. The van der Waals surface area contributed by atoms with Gasteiger partial charge in [-0.2, -0.15) is 0 Å². The molecule has 2 aromatic rings. The number of pyridine rings is 1. The number of hydrogen-bond acceptors (Lipinski definition) is 8. The van der Waals surface area contributed by atoms with E-state index in [1.165, 1.54) is 30.6 Å². The van der Waals surface area contributed by atoms with Crippen LogP contribution in [-0.2, 0) is 9.53 Å². The molecule has 1 aliphatic carbocycles. The number of carbonyl (C=O) groups is 1. The number of nitrogens with zero attached hydrogens (tertiary/aromatic N) is 5. The summed E-state index contributed by atoms with van der Waals surface area (Å²) in [5.41, 5.74) is 0.860. The highest BCUT2D eigenvalue weighted by atomic mass is 32.1. The summed E-state index contributed by atoms with van der Waals surface area (Å²) in [4.78, 5) is 21.7. The monoisotopic (exact) mass is 430 g/mol. The van der Waals surface area contributed by atoms with E-state index in [2.05, 4.69) is 20.4 Å². The molecule has 8 nitrogen and oxygen atoms in total. The summed E-state index contributed by atoms with van der Waals surface area (Å²) in [6, 6.07) is 6.24. The van der Waals surface area contributed by atoms with E-state index in [-0.39, 0.29) is 12.0 Å². The number of aromatic nitrogens is 3. The molecule has 1 atom stereocenters. The fraction of sp³-hybridized carbons (Fsp3) is 0.619. The van der Waals surface area contributed by atoms with Gasteiger partial charge in [-0.3, -0.25) is 9.69 Å². The molecule has 0 radical (unpaired) electrons. The molecule has 0 bridgehead atoms. The predicted octanol–water partition coefficient (Wildman–Crippen LogP) is 3.15. The maximum Gasteiger partial charge on any atom is 0.236 e. The van der Waals surface area contributed by atoms with Crippen molar-refractivity contribution in [2.24, 2.45) is 0 Å². The summed E-state index contributed by atoms with van der Waals surface area (Å²) in [6.45, 7) is 4.39. The first-order valence-electron chi connectivity index (χ1n) is 10.7. The minimum atomic E-state index is -0.149. The number of nitrogens with one attached hydrogen (secondary N) is 1. The highest BCUT2D eigenvalue weighted by Crippen LogP contribution is 2.25. The molecule has 1 N–H and O–H groups in total. The van der Waals surface area contributed by atoms with Crippen molar-refractivity contribution in [1.29, 1.82) is 0 Å². The van der Waals surface area contributed by atoms with E-state index in [1.54, 1.807) is 0 Å². The molecule has 1 saturated heterocycles. The normalized spacial score (nSPS) is 20.8. The number of carbonyl (C=O) groups excluding carboxylic acids is 1. The Balaban J connectivity index is 1.35. The SMILES string of the molecule is Cc1nnc(Nc2cccc([C@H]3CN(CC(=O)N(C)C4CCCCC4)CCO3)n2)s1. The smallest absolute Gasteiger partial charge is 0.236 e. The standard InChI is InChI=1S/C21H30N6O2S/c1-15-24-25-21(30-15)23-19-10-6-9-17(22-19)18-13-27(11-12-29-18)14-20(28)26(2)16-7-4-3-5-8-16/h6,9-10,16,18H,3-5,7-8,11-14H2,1-2H3,(H,22,23,25)/t18-/m1/s1. The molecular formula is C21H30N6O2S. The van der Waals surface area contributed by atoms with E-state index in [0.29, 0.717) is 25.7 Å². The van der Waals surface area contributed by atoms with Crippen LogP contribution in [0.3, 0.4) is 0 Å². The first-order valence-corrected chi connectivity index (χ1v) is 11.5. The zero-order valence-corrected chi connectivity index (χ0v) is 18.5. The Morgan fingerprint density at radius 3 is 2.90 bits per heavy atom. The van der Waals surface area contributed by atoms with Crippen LogP contribution in [0.15, 0.2) is 18.2 Å². The summed E-state index contributed by atoms with van der Waals surface area (Å²) in [6.07, 6.45) is 5.87. The van der Waals surface area contributed by atoms with Gasteiger partial charge in [-0.05, 0) is 31.9 Å². The molecule has 4 rings (SSSR count). The second kappa shape index (κ2) is 9.80. The van der Waals surface area contributed by atoms with Crippen molar-refractivity contribution in [2.75, 3.05) is 38.6 Å². The van der Waals surface area contributed by atoms with Gasteiger partial charge in [-0.15, -0.1) is 10.2 Å². The quantitative estimate of drug-likeness (QED) is 0.754. The lowest BCUT2D eigenvalue weighted by atomic mass is 9.94. The molecule has 1 aliphatic heterocycles. The Kier molecular flexibility index (Phi) is 6.91. The van der Waals surface area contributed by atoms with Crippen molar-refractivity contribution in [3.63, 3.8) is 0 Å². The van der Waals surface area contributed by atoms with Crippen LogP contribution < -0.4 is 5.32 Å². The Hall–Kier alpha value is -2.10. The maximum absolute atomic E-state index is 12.8. The largest absolute Gasteiger partial charge is 0.369 e. The average molecular weight is 431 g/mol. The summed E-state index contributed by atoms with van der Waals surface area (Å²) in [7, 11) is 1.96. The molecule has 2 aliphatic rings. The van der Waals surface area contributed by atoms with E-state index in [1.807, 2.05) is 37.1 Å². The van der Waals surface area contributed by atoms with Gasteiger partial charge in [0.2, 0.25) is 11.0 Å². The Morgan fingerprint density at radius 1 is 1.30 bits per heavy atom. The van der Waals surface area contributed by atoms with Gasteiger partial charge >= 0.3 is 0 Å². The number of morpholine rings is 1. The Morgan fingerprint density at radius 2 is 2.13 bits per heavy atom. The Bertz CT molecular complexity index is 854. The molecule has 2 aromatic heterocycles. The van der Waals surface area contributed by atoms with E-state index >= 15 is 0 Å². The number of amides is 1. The van der Waals surface area contributed by atoms with Crippen LogP contribution in [0, 0.1) is 6.92 Å². The lowest BCUT2D eigenvalue weighted by molar-refractivity contribution is -0.135. The first kappa shape index (κ1) is 21.1. The highest BCUT2D eigenvalue weighted by molar-refractivity contribution is 7.15. The molecule has 0 spiro atoms. The third-order valence-corrected chi connectivity index (χ3v) is 6.64. The lowest BCUT2D eigenvalue weighted by Crippen LogP contribution is -2.47. The fourth-order valence-corrected chi connectivity index (χ4v) is 4.76. The van der Waals surface area contributed by atoms with Crippen molar-refractivity contribution in [1.82, 2.24) is 25.0 Å². The average Bonchev–Trinajstić information content (AvgIpc) is 3.18. The van der Waals surface area contributed by atoms with Crippen LogP contribution in [-0.4, -0.2) is 70.2 Å². The molecule has 162 valence electrons. The van der Waals surface area contributed by atoms with Crippen LogP contribution in [0.25, 0.3) is 0 Å². The van der Waals surface area contributed by atoms with E-state index in [0.717, 1.165) is 41.0 Å². The second-order valence-electron chi connectivity index (χ2n) is 8.09. The van der Waals surface area contributed by atoms with Gasteiger partial charge in [-0.25, -0.2) is 4.98 Å². The van der Waals surface area contributed by atoms with Gasteiger partial charge in [0, 0.05) is 26.2 Å². The number of rotatable bonds is 6. The van der Waals surface area contributed by atoms with Crippen LogP contribution in [0.1, 0.15) is 48.9 Å². The van der Waals surface area contributed by atoms with Crippen LogP contribution in [0.2, 0.25) is 0 Å². The number of aryl methyl sites for hydroxylation is 1. The molecule has 0 aromatic carbocycles. The molecular weight excluding hydrogens is 400 g/mol. The Labute approximate surface area is 181 Å². The number of hydrogen-bond donors (Lipinski definition) is 1. The van der Waals surface area contributed by atoms with Gasteiger partial charge in [0.05, 0.1) is 18.8 Å². The molecule has 30 heavy (non-hydrogen) atoms. The van der Waals surface area contributed by atoms with Crippen LogP contribution >= 0.6 is 11.3 Å². The molecule has 1 saturated carbocycles. The third kappa shape index (κ3) is 5.33. The first-order chi connectivity index (χ1) is 14.6. The van der Waals surface area contributed by atoms with Crippen molar-refractivity contribution in [2.45, 2.75) is 51.2 Å². The summed E-state index contributed by atoms with van der Waals surface area (Å²) in [5.74, 6) is 0.926. The second-order valence-corrected chi connectivity index (χ2v) is 9.27. The van der Waals surface area contributed by atoms with Crippen molar-refractivity contribution >= 4 is 28.2 Å². The minimum absolute atomic E-state index is 0.149. The topological polar surface area (TPSA) is 83.5 Å². The highest BCUT2D eigenvalue weighted by Gasteiger charge is 2.28. The number of ether oxygens (including phenoxy) is 1. The van der Waals surface area contributed by atoms with Gasteiger partial charge < -0.3 is 15.0 Å². The molecule has 9 heteroatoms. The van der Waals surface area contributed by atoms with Gasteiger partial charge in [-0.1, -0.05) is 36.7 Å². The van der Waals surface area contributed by atoms with E-state index in [9.17, 15) is 4.79 Å². The van der Waals surface area contributed by atoms with Crippen molar-refractivity contribution in [3.8, 4) is 0 Å². The van der Waals surface area contributed by atoms with Crippen molar-refractivity contribution in [3.05, 3.63) is 28.9 Å². The number of likely N-dealkylation sites (N-methyl/N-ethyl adjacent to an activating group) is 1. The molecule has 2 fully saturated rings. The van der Waals surface area contributed by atoms with Gasteiger partial charge in [0.15, 0.2) is 0 Å². The maximum atomic E-state index is 12.8. The molecule has 0 unspecified atom stereocenters. The minimum Gasteiger partial charge on any atom is -0.369 e. The van der Waals surface area contributed by atoms with E-state index < -0.39 is 0 Å². The zero-order chi connectivity index (χ0) is 20.9. The summed E-state index contributed by atoms with van der Waals surface area (Å²) < 4.78 is 5.98. The van der Waals surface area contributed by atoms with Gasteiger partial charge in [0.25, 0.3) is 0 Å². The lowest BCUT2D eigenvalue weighted by Gasteiger charge is -2.36. The molecule has 3 heterocycles. The van der Waals surface area contributed by atoms with Crippen LogP contribution in [0.4, 0.5) is 10.9 Å². The summed E-state index contributed by atoms with van der Waals surface area (Å²) in [5, 5.41) is 12.9. The number of anilines is 2. The molecule has 1 amide bonds. The van der Waals surface area contributed by atoms with E-state index in [4.69, 9.17) is 9.72 Å². The fourth-order valence-electron chi connectivity index (χ4n) is 4.16. The van der Waals surface area contributed by atoms with Crippen LogP contribution in [0.5, 0.6) is 0 Å². The van der Waals surface area contributed by atoms with Crippen molar-refractivity contribution < 1.29 is 9.53 Å². The zero-order valence-electron chi connectivity index (χ0n) is 17.7. The summed E-state index contributed by atoms with van der Waals surface area (Å²) >= 11 is 1.49.